The van der Waals surface area contributed by atoms with E-state index in [1.807, 2.05) is 44.2 Å². The van der Waals surface area contributed by atoms with E-state index in [4.69, 9.17) is 5.73 Å². The summed E-state index contributed by atoms with van der Waals surface area (Å²) in [4.78, 5) is 17.9. The number of hydrogen-bond acceptors (Lipinski definition) is 7. The summed E-state index contributed by atoms with van der Waals surface area (Å²) in [5.41, 5.74) is 8.15. The van der Waals surface area contributed by atoms with Gasteiger partial charge in [-0.2, -0.15) is 4.31 Å². The van der Waals surface area contributed by atoms with Gasteiger partial charge in [-0.3, -0.25) is 15.1 Å². The lowest BCUT2D eigenvalue weighted by Gasteiger charge is -2.31. The van der Waals surface area contributed by atoms with Gasteiger partial charge in [0, 0.05) is 37.6 Å². The summed E-state index contributed by atoms with van der Waals surface area (Å²) < 4.78 is 28.5. The van der Waals surface area contributed by atoms with E-state index < -0.39 is 22.1 Å². The van der Waals surface area contributed by atoms with E-state index in [0.29, 0.717) is 44.5 Å². The maximum atomic E-state index is 13.5. The first kappa shape index (κ1) is 34.1. The van der Waals surface area contributed by atoms with Gasteiger partial charge in [0.15, 0.2) is 0 Å². The zero-order valence-electron chi connectivity index (χ0n) is 26.1. The van der Waals surface area contributed by atoms with Crippen LogP contribution < -0.4 is 16.4 Å². The number of unbranched alkanes of at least 4 members (excludes halogenated alkanes) is 1. The Kier molecular flexibility index (Phi) is 12.5. The molecule has 1 aromatic heterocycles. The summed E-state index contributed by atoms with van der Waals surface area (Å²) in [6.07, 6.45) is 3.99. The highest BCUT2D eigenvalue weighted by molar-refractivity contribution is 7.89. The molecule has 0 radical (unpaired) electrons. The highest BCUT2D eigenvalue weighted by Crippen LogP contribution is 2.23. The molecule has 10 heteroatoms. The first-order valence-corrected chi connectivity index (χ1v) is 17.0. The van der Waals surface area contributed by atoms with E-state index in [9.17, 15) is 18.3 Å². The number of anilines is 1. The van der Waals surface area contributed by atoms with E-state index in [1.54, 1.807) is 18.3 Å². The van der Waals surface area contributed by atoms with E-state index in [0.717, 1.165) is 22.0 Å². The van der Waals surface area contributed by atoms with Gasteiger partial charge >= 0.3 is 0 Å². The van der Waals surface area contributed by atoms with Crippen molar-refractivity contribution in [2.75, 3.05) is 25.4 Å². The predicted molar refractivity (Wildman–Crippen MR) is 180 cm³/mol. The Morgan fingerprint density at radius 1 is 0.956 bits per heavy atom. The molecule has 0 spiro atoms. The van der Waals surface area contributed by atoms with E-state index in [1.165, 1.54) is 16.4 Å². The molecule has 0 saturated carbocycles. The third-order valence-corrected chi connectivity index (χ3v) is 9.67. The number of carbonyl (C=O) groups is 1. The molecular formula is C35H45N5O4S. The van der Waals surface area contributed by atoms with Crippen LogP contribution in [0.4, 0.5) is 5.69 Å². The number of fused-ring (bicyclic) bond motifs is 1. The van der Waals surface area contributed by atoms with Crippen molar-refractivity contribution < 1.29 is 18.3 Å². The van der Waals surface area contributed by atoms with Gasteiger partial charge in [0.2, 0.25) is 15.9 Å². The minimum atomic E-state index is -3.83. The summed E-state index contributed by atoms with van der Waals surface area (Å²) in [7, 11) is -3.83. The van der Waals surface area contributed by atoms with Gasteiger partial charge in [-0.05, 0) is 77.9 Å². The second-order valence-electron chi connectivity index (χ2n) is 11.8. The second kappa shape index (κ2) is 16.5. The number of pyridine rings is 1. The Morgan fingerprint density at radius 3 is 2.38 bits per heavy atom. The normalized spacial score (nSPS) is 13.3. The number of nitrogens with zero attached hydrogens (tertiary/aromatic N) is 2. The molecule has 240 valence electrons. The van der Waals surface area contributed by atoms with Crippen LogP contribution in [0.2, 0.25) is 0 Å². The highest BCUT2D eigenvalue weighted by Gasteiger charge is 2.31. The Labute approximate surface area is 266 Å². The highest BCUT2D eigenvalue weighted by atomic mass is 32.2. The van der Waals surface area contributed by atoms with Crippen molar-refractivity contribution in [3.63, 3.8) is 0 Å². The average Bonchev–Trinajstić information content (AvgIpc) is 3.04. The fourth-order valence-electron chi connectivity index (χ4n) is 5.33. The molecule has 0 saturated heterocycles. The van der Waals surface area contributed by atoms with Crippen LogP contribution in [-0.4, -0.2) is 60.5 Å². The Morgan fingerprint density at radius 2 is 1.69 bits per heavy atom. The number of hydrogen-bond donors (Lipinski definition) is 4. The molecule has 0 aliphatic heterocycles. The number of carbonyl (C=O) groups excluding carboxylic acids is 1. The zero-order valence-corrected chi connectivity index (χ0v) is 26.9. The topological polar surface area (TPSA) is 138 Å². The van der Waals surface area contributed by atoms with Gasteiger partial charge in [-0.25, -0.2) is 8.42 Å². The van der Waals surface area contributed by atoms with E-state index >= 15 is 0 Å². The minimum Gasteiger partial charge on any atom is -0.399 e. The average molecular weight is 632 g/mol. The summed E-state index contributed by atoms with van der Waals surface area (Å²) in [6.45, 7) is 4.78. The molecule has 3 aromatic carbocycles. The molecule has 4 rings (SSSR count). The fraction of sp³-hybridized carbons (Fsp3) is 0.371. The summed E-state index contributed by atoms with van der Waals surface area (Å²) in [5.74, 6) is -0.0369. The number of benzene rings is 3. The molecule has 0 bridgehead atoms. The van der Waals surface area contributed by atoms with Crippen LogP contribution in [0.15, 0.2) is 96.0 Å². The molecular weight excluding hydrogens is 586 g/mol. The molecule has 5 N–H and O–H groups in total. The van der Waals surface area contributed by atoms with Crippen LogP contribution in [0, 0.1) is 5.92 Å². The van der Waals surface area contributed by atoms with Crippen molar-refractivity contribution in [3.05, 3.63) is 102 Å². The molecule has 1 amide bonds. The van der Waals surface area contributed by atoms with Crippen molar-refractivity contribution in [2.24, 2.45) is 5.92 Å². The smallest absolute Gasteiger partial charge is 0.243 e. The van der Waals surface area contributed by atoms with Crippen LogP contribution in [0.1, 0.15) is 44.4 Å². The van der Waals surface area contributed by atoms with Gasteiger partial charge < -0.3 is 16.2 Å². The number of aliphatic hydroxyl groups excluding tert-OH is 1. The van der Waals surface area contributed by atoms with Crippen molar-refractivity contribution in [3.8, 4) is 0 Å². The second-order valence-corrected chi connectivity index (χ2v) is 13.7. The van der Waals surface area contributed by atoms with Crippen LogP contribution in [0.5, 0.6) is 0 Å². The number of rotatable bonds is 17. The zero-order chi connectivity index (χ0) is 32.2. The Balaban J connectivity index is 1.36. The van der Waals surface area contributed by atoms with Crippen molar-refractivity contribution in [1.29, 1.82) is 0 Å². The number of amides is 1. The molecule has 0 unspecified atom stereocenters. The number of nitrogens with two attached hydrogens (primary N) is 1. The Hall–Kier alpha value is -3.83. The lowest BCUT2D eigenvalue weighted by Crippen LogP contribution is -2.46. The van der Waals surface area contributed by atoms with Gasteiger partial charge in [0.1, 0.15) is 0 Å². The number of aliphatic hydroxyl groups is 1. The lowest BCUT2D eigenvalue weighted by molar-refractivity contribution is -0.123. The largest absolute Gasteiger partial charge is 0.399 e. The first-order chi connectivity index (χ1) is 21.7. The SMILES string of the molecule is CC(C)CN([C@H](CO)CCCCNC(=O)[C@H](Cc1ccc2ccccc2c1)NCc1ccccn1)S(=O)(=O)c1ccc(N)cc1. The van der Waals surface area contributed by atoms with Crippen LogP contribution in [0.3, 0.4) is 0 Å². The van der Waals surface area contributed by atoms with Crippen LogP contribution >= 0.6 is 0 Å². The van der Waals surface area contributed by atoms with Crippen molar-refractivity contribution >= 4 is 32.4 Å². The number of nitrogen functional groups attached to an aromatic ring is 1. The van der Waals surface area contributed by atoms with Crippen LogP contribution in [0.25, 0.3) is 10.8 Å². The molecule has 4 aromatic rings. The monoisotopic (exact) mass is 631 g/mol. The number of sulfonamides is 1. The van der Waals surface area contributed by atoms with Gasteiger partial charge in [0.25, 0.3) is 0 Å². The molecule has 0 aliphatic rings. The number of nitrogens with one attached hydrogen (secondary N) is 2. The summed E-state index contributed by atoms with van der Waals surface area (Å²) >= 11 is 0. The molecule has 9 nitrogen and oxygen atoms in total. The third kappa shape index (κ3) is 9.83. The minimum absolute atomic E-state index is 0.0695. The van der Waals surface area contributed by atoms with E-state index in [-0.39, 0.29) is 29.9 Å². The fourth-order valence-corrected chi connectivity index (χ4v) is 7.14. The Bertz CT molecular complexity index is 1610. The molecule has 0 fully saturated rings. The maximum absolute atomic E-state index is 13.5. The predicted octanol–water partition coefficient (Wildman–Crippen LogP) is 4.51. The standard InChI is InChI=1S/C35H45N5O4S/c1-26(2)24-40(45(43,44)33-17-15-30(36)16-18-33)32(25-41)12-6-8-20-38-35(42)34(39-23-31-11-5-7-19-37-31)22-27-13-14-28-9-3-4-10-29(28)21-27/h3-5,7,9-11,13-19,21,26,32,34,39,41H,6,8,12,20,22-25,36H2,1-2H3,(H,38,42)/t32-,34-/m0/s1. The van der Waals surface area contributed by atoms with Crippen molar-refractivity contribution in [2.45, 2.75) is 63.1 Å². The maximum Gasteiger partial charge on any atom is 0.243 e. The third-order valence-electron chi connectivity index (χ3n) is 7.74. The lowest BCUT2D eigenvalue weighted by atomic mass is 10.0. The molecule has 0 aliphatic carbocycles. The summed E-state index contributed by atoms with van der Waals surface area (Å²) in [5, 5.41) is 19.0. The van der Waals surface area contributed by atoms with Gasteiger partial charge in [0.05, 0.1) is 23.2 Å². The van der Waals surface area contributed by atoms with Gasteiger partial charge in [-0.15, -0.1) is 0 Å². The molecule has 45 heavy (non-hydrogen) atoms. The van der Waals surface area contributed by atoms with Crippen molar-refractivity contribution in [1.82, 2.24) is 19.9 Å². The first-order valence-electron chi connectivity index (χ1n) is 15.5. The molecule has 1 heterocycles. The summed E-state index contributed by atoms with van der Waals surface area (Å²) in [6, 6.07) is 25.2. The van der Waals surface area contributed by atoms with Gasteiger partial charge in [-0.1, -0.05) is 68.8 Å². The molecule has 2 atom stereocenters. The van der Waals surface area contributed by atoms with E-state index in [2.05, 4.69) is 45.9 Å². The quantitative estimate of drug-likeness (QED) is 0.0994. The number of aromatic nitrogens is 1. The van der Waals surface area contributed by atoms with Crippen LogP contribution in [-0.2, 0) is 27.8 Å².